The predicted molar refractivity (Wildman–Crippen MR) is 89.3 cm³/mol. The van der Waals surface area contributed by atoms with Gasteiger partial charge in [0, 0.05) is 28.0 Å². The van der Waals surface area contributed by atoms with Crippen LogP contribution >= 0.6 is 23.2 Å². The van der Waals surface area contributed by atoms with Gasteiger partial charge in [0.2, 0.25) is 0 Å². The fraction of sp³-hybridized carbons (Fsp3) is 0.667. The normalized spacial score (nSPS) is 26.0. The van der Waals surface area contributed by atoms with E-state index in [1.165, 1.54) is 56.9 Å². The van der Waals surface area contributed by atoms with Crippen molar-refractivity contribution in [3.63, 3.8) is 0 Å². The second kappa shape index (κ2) is 5.15. The molecule has 0 aliphatic heterocycles. The first kappa shape index (κ1) is 14.4. The van der Waals surface area contributed by atoms with E-state index in [-0.39, 0.29) is 5.41 Å². The molecule has 0 heterocycles. The molecular formula is C18H23Cl2N. The van der Waals surface area contributed by atoms with Crippen molar-refractivity contribution in [1.29, 1.82) is 0 Å². The molecule has 0 radical (unpaired) electrons. The lowest BCUT2D eigenvalue weighted by atomic mass is 9.49. The molecule has 21 heavy (non-hydrogen) atoms. The lowest BCUT2D eigenvalue weighted by Gasteiger charge is -2.56. The van der Waals surface area contributed by atoms with E-state index in [0.717, 1.165) is 22.6 Å². The highest BCUT2D eigenvalue weighted by molar-refractivity contribution is 6.35. The maximum Gasteiger partial charge on any atom is 0.0458 e. The molecule has 114 valence electrons. The van der Waals surface area contributed by atoms with Gasteiger partial charge in [0.15, 0.2) is 0 Å². The Morgan fingerprint density at radius 2 is 1.81 bits per heavy atom. The summed E-state index contributed by atoms with van der Waals surface area (Å²) in [5, 5.41) is 5.35. The van der Waals surface area contributed by atoms with Crippen LogP contribution in [0.2, 0.25) is 10.0 Å². The summed E-state index contributed by atoms with van der Waals surface area (Å²) < 4.78 is 0. The quantitative estimate of drug-likeness (QED) is 0.788. The highest BCUT2D eigenvalue weighted by Crippen LogP contribution is 2.63. The average molecular weight is 324 g/mol. The Balaban J connectivity index is 1.60. The first-order valence-corrected chi connectivity index (χ1v) is 9.06. The van der Waals surface area contributed by atoms with Crippen LogP contribution < -0.4 is 5.32 Å². The molecule has 1 aromatic carbocycles. The second-order valence-electron chi connectivity index (χ2n) is 7.62. The fourth-order valence-corrected chi connectivity index (χ4v) is 5.43. The van der Waals surface area contributed by atoms with E-state index < -0.39 is 0 Å². The third kappa shape index (κ3) is 2.62. The molecule has 4 rings (SSSR count). The zero-order valence-electron chi connectivity index (χ0n) is 12.4. The van der Waals surface area contributed by atoms with Crippen LogP contribution in [0.5, 0.6) is 0 Å². The molecule has 3 saturated carbocycles. The van der Waals surface area contributed by atoms with Gasteiger partial charge in [-0.1, -0.05) is 42.1 Å². The van der Waals surface area contributed by atoms with Gasteiger partial charge in [0.25, 0.3) is 0 Å². The average Bonchev–Trinajstić information content (AvgIpc) is 3.12. The molecule has 1 aromatic rings. The lowest BCUT2D eigenvalue weighted by molar-refractivity contribution is 0.0268. The summed E-state index contributed by atoms with van der Waals surface area (Å²) in [5.41, 5.74) is 2.18. The van der Waals surface area contributed by atoms with E-state index in [2.05, 4.69) is 11.4 Å². The zero-order valence-corrected chi connectivity index (χ0v) is 13.9. The van der Waals surface area contributed by atoms with Crippen LogP contribution in [0.4, 0.5) is 0 Å². The van der Waals surface area contributed by atoms with Gasteiger partial charge >= 0.3 is 0 Å². The Bertz CT molecular complexity index is 536. The third-order valence-corrected chi connectivity index (χ3v) is 6.45. The number of hydrogen-bond acceptors (Lipinski definition) is 1. The van der Waals surface area contributed by atoms with Gasteiger partial charge in [-0.2, -0.15) is 0 Å². The van der Waals surface area contributed by atoms with Gasteiger partial charge < -0.3 is 5.32 Å². The molecule has 0 unspecified atom stereocenters. The van der Waals surface area contributed by atoms with E-state index in [1.807, 2.05) is 12.1 Å². The van der Waals surface area contributed by atoms with Crippen molar-refractivity contribution in [2.24, 2.45) is 5.41 Å². The largest absolute Gasteiger partial charge is 0.313 e. The minimum absolute atomic E-state index is 0.245. The van der Waals surface area contributed by atoms with Crippen molar-refractivity contribution >= 4 is 23.2 Å². The highest BCUT2D eigenvalue weighted by Gasteiger charge is 2.56. The van der Waals surface area contributed by atoms with Gasteiger partial charge in [0.05, 0.1) is 0 Å². The minimum atomic E-state index is 0.245. The highest BCUT2D eigenvalue weighted by atomic mass is 35.5. The van der Waals surface area contributed by atoms with Crippen LogP contribution in [0.1, 0.15) is 56.9 Å². The van der Waals surface area contributed by atoms with Crippen LogP contribution in [0.3, 0.4) is 0 Å². The number of hydrogen-bond donors (Lipinski definition) is 1. The summed E-state index contributed by atoms with van der Waals surface area (Å²) in [6, 6.07) is 6.84. The molecular weight excluding hydrogens is 301 g/mol. The van der Waals surface area contributed by atoms with Gasteiger partial charge in [-0.3, -0.25) is 0 Å². The lowest BCUT2D eigenvalue weighted by Crippen LogP contribution is -2.54. The molecule has 1 nitrogen and oxygen atoms in total. The number of nitrogens with one attached hydrogen (secondary N) is 1. The summed E-state index contributed by atoms with van der Waals surface area (Å²) in [5.74, 6) is 0. The number of halogens is 2. The standard InChI is InChI=1S/C18H23Cl2N/c19-13-3-6-15(16(20)9-13)18(12-21-14-4-5-14)10-17(11-18)7-1-2-8-17/h3,6,9,14,21H,1-2,4-5,7-8,10-12H2. The molecule has 0 amide bonds. The topological polar surface area (TPSA) is 12.0 Å². The van der Waals surface area contributed by atoms with Crippen molar-refractivity contribution < 1.29 is 0 Å². The third-order valence-electron chi connectivity index (χ3n) is 5.90. The van der Waals surface area contributed by atoms with Gasteiger partial charge in [-0.05, 0) is 61.6 Å². The van der Waals surface area contributed by atoms with Crippen molar-refractivity contribution in [2.75, 3.05) is 6.54 Å². The predicted octanol–water partition coefficient (Wildman–Crippen LogP) is 5.34. The molecule has 3 aliphatic carbocycles. The fourth-order valence-electron chi connectivity index (χ4n) is 4.82. The van der Waals surface area contributed by atoms with Gasteiger partial charge in [-0.25, -0.2) is 0 Å². The van der Waals surface area contributed by atoms with Crippen LogP contribution in [-0.2, 0) is 5.41 Å². The summed E-state index contributed by atoms with van der Waals surface area (Å²) in [6.07, 6.45) is 11.0. The Morgan fingerprint density at radius 1 is 1.10 bits per heavy atom. The summed E-state index contributed by atoms with van der Waals surface area (Å²) in [6.45, 7) is 1.08. The van der Waals surface area contributed by atoms with Crippen molar-refractivity contribution in [3.05, 3.63) is 33.8 Å². The van der Waals surface area contributed by atoms with Crippen LogP contribution in [-0.4, -0.2) is 12.6 Å². The Labute approximate surface area is 137 Å². The maximum atomic E-state index is 6.54. The van der Waals surface area contributed by atoms with Crippen LogP contribution in [0, 0.1) is 5.41 Å². The zero-order chi connectivity index (χ0) is 14.5. The first-order chi connectivity index (χ1) is 10.1. The van der Waals surface area contributed by atoms with E-state index in [9.17, 15) is 0 Å². The smallest absolute Gasteiger partial charge is 0.0458 e. The summed E-state index contributed by atoms with van der Waals surface area (Å²) in [4.78, 5) is 0. The molecule has 0 bridgehead atoms. The van der Waals surface area contributed by atoms with Crippen LogP contribution in [0.25, 0.3) is 0 Å². The Kier molecular flexibility index (Phi) is 3.52. The molecule has 3 aliphatic rings. The maximum absolute atomic E-state index is 6.54. The second-order valence-corrected chi connectivity index (χ2v) is 8.46. The van der Waals surface area contributed by atoms with Crippen molar-refractivity contribution in [1.82, 2.24) is 5.32 Å². The Hall–Kier alpha value is -0.240. The van der Waals surface area contributed by atoms with Crippen molar-refractivity contribution in [2.45, 2.75) is 62.8 Å². The number of benzene rings is 1. The molecule has 0 aromatic heterocycles. The monoisotopic (exact) mass is 323 g/mol. The van der Waals surface area contributed by atoms with E-state index in [4.69, 9.17) is 23.2 Å². The van der Waals surface area contributed by atoms with E-state index >= 15 is 0 Å². The van der Waals surface area contributed by atoms with Crippen LogP contribution in [0.15, 0.2) is 18.2 Å². The minimum Gasteiger partial charge on any atom is -0.313 e. The molecule has 0 saturated heterocycles. The summed E-state index contributed by atoms with van der Waals surface area (Å²) >= 11 is 12.6. The Morgan fingerprint density at radius 3 is 2.43 bits per heavy atom. The van der Waals surface area contributed by atoms with Crippen molar-refractivity contribution in [3.8, 4) is 0 Å². The van der Waals surface area contributed by atoms with E-state index in [0.29, 0.717) is 5.41 Å². The molecule has 1 spiro atoms. The van der Waals surface area contributed by atoms with E-state index in [1.54, 1.807) is 0 Å². The molecule has 3 fully saturated rings. The van der Waals surface area contributed by atoms with Gasteiger partial charge in [0.1, 0.15) is 0 Å². The van der Waals surface area contributed by atoms with Gasteiger partial charge in [-0.15, -0.1) is 0 Å². The molecule has 1 N–H and O–H groups in total. The molecule has 0 atom stereocenters. The SMILES string of the molecule is Clc1ccc(C2(CNC3CC3)CC3(CCCC3)C2)c(Cl)c1. The summed E-state index contributed by atoms with van der Waals surface area (Å²) in [7, 11) is 0. The molecule has 3 heteroatoms. The number of rotatable bonds is 4. The first-order valence-electron chi connectivity index (χ1n) is 8.30.